The molecule has 0 radical (unpaired) electrons. The summed E-state index contributed by atoms with van der Waals surface area (Å²) in [4.78, 5) is 12.1. The Labute approximate surface area is 172 Å². The molecule has 0 aliphatic heterocycles. The minimum atomic E-state index is -0.240. The van der Waals surface area contributed by atoms with E-state index in [4.69, 9.17) is 9.47 Å². The monoisotopic (exact) mass is 411 g/mol. The van der Waals surface area contributed by atoms with Crippen molar-refractivity contribution in [2.24, 2.45) is 12.1 Å². The van der Waals surface area contributed by atoms with Crippen molar-refractivity contribution >= 4 is 23.9 Å². The summed E-state index contributed by atoms with van der Waals surface area (Å²) < 4.78 is 12.3. The molecule has 3 aromatic rings. The van der Waals surface area contributed by atoms with E-state index in [2.05, 4.69) is 20.7 Å². The van der Waals surface area contributed by atoms with Gasteiger partial charge in [0.05, 0.1) is 26.2 Å². The minimum Gasteiger partial charge on any atom is -0.493 e. The Morgan fingerprint density at radius 3 is 2.62 bits per heavy atom. The molecule has 150 valence electrons. The maximum absolute atomic E-state index is 12.1. The van der Waals surface area contributed by atoms with E-state index in [1.165, 1.54) is 11.8 Å². The number of nitrogens with zero attached hydrogens (tertiary/aromatic N) is 4. The van der Waals surface area contributed by atoms with E-state index in [0.717, 1.165) is 17.0 Å². The molecule has 0 saturated carbocycles. The molecule has 9 heteroatoms. The number of thioether (sulfide) groups is 1. The van der Waals surface area contributed by atoms with E-state index < -0.39 is 0 Å². The molecule has 29 heavy (non-hydrogen) atoms. The zero-order valence-corrected chi connectivity index (χ0v) is 17.1. The third kappa shape index (κ3) is 5.14. The van der Waals surface area contributed by atoms with Crippen LogP contribution in [0.25, 0.3) is 11.4 Å². The number of rotatable bonds is 8. The van der Waals surface area contributed by atoms with Crippen LogP contribution in [-0.2, 0) is 11.8 Å². The number of hydrazone groups is 1. The number of nitrogens with one attached hydrogen (secondary N) is 1. The maximum Gasteiger partial charge on any atom is 0.250 e. The van der Waals surface area contributed by atoms with Crippen molar-refractivity contribution in [2.75, 3.05) is 20.0 Å². The van der Waals surface area contributed by atoms with Gasteiger partial charge in [-0.3, -0.25) is 4.79 Å². The Bertz CT molecular complexity index is 1000. The van der Waals surface area contributed by atoms with Gasteiger partial charge in [-0.2, -0.15) is 5.10 Å². The van der Waals surface area contributed by atoms with Gasteiger partial charge in [0.25, 0.3) is 5.91 Å². The van der Waals surface area contributed by atoms with Crippen LogP contribution in [0.4, 0.5) is 0 Å². The Morgan fingerprint density at radius 1 is 1.14 bits per heavy atom. The molecule has 0 fully saturated rings. The fraction of sp³-hybridized carbons (Fsp3) is 0.200. The maximum atomic E-state index is 12.1. The van der Waals surface area contributed by atoms with E-state index in [9.17, 15) is 4.79 Å². The highest BCUT2D eigenvalue weighted by Gasteiger charge is 2.12. The first kappa shape index (κ1) is 20.4. The average Bonchev–Trinajstić information content (AvgIpc) is 3.13. The predicted molar refractivity (Wildman–Crippen MR) is 112 cm³/mol. The molecule has 0 bridgehead atoms. The first-order chi connectivity index (χ1) is 14.1. The molecule has 1 aromatic heterocycles. The summed E-state index contributed by atoms with van der Waals surface area (Å²) in [6.45, 7) is 0. The lowest BCUT2D eigenvalue weighted by molar-refractivity contribution is -0.118. The van der Waals surface area contributed by atoms with Gasteiger partial charge in [0.15, 0.2) is 22.5 Å². The number of carbonyl (C=O) groups excluding carboxylic acids is 1. The van der Waals surface area contributed by atoms with Gasteiger partial charge < -0.3 is 14.0 Å². The molecule has 0 aliphatic carbocycles. The molecule has 2 aromatic carbocycles. The van der Waals surface area contributed by atoms with Crippen LogP contribution < -0.4 is 14.9 Å². The average molecular weight is 411 g/mol. The fourth-order valence-electron chi connectivity index (χ4n) is 2.55. The quantitative estimate of drug-likeness (QED) is 0.348. The Morgan fingerprint density at radius 2 is 1.90 bits per heavy atom. The molecule has 0 atom stereocenters. The number of hydrogen-bond acceptors (Lipinski definition) is 7. The number of amides is 1. The van der Waals surface area contributed by atoms with Gasteiger partial charge in [-0.1, -0.05) is 42.1 Å². The second kappa shape index (κ2) is 9.74. The number of hydrogen-bond donors (Lipinski definition) is 1. The van der Waals surface area contributed by atoms with Crippen molar-refractivity contribution in [3.63, 3.8) is 0 Å². The second-order valence-electron chi connectivity index (χ2n) is 5.93. The third-order valence-corrected chi connectivity index (χ3v) is 5.03. The first-order valence-electron chi connectivity index (χ1n) is 8.74. The van der Waals surface area contributed by atoms with Gasteiger partial charge in [0, 0.05) is 12.6 Å². The lowest BCUT2D eigenvalue weighted by atomic mass is 10.2. The molecular formula is C20H21N5O3S. The van der Waals surface area contributed by atoms with E-state index >= 15 is 0 Å². The van der Waals surface area contributed by atoms with Crippen molar-refractivity contribution in [3.05, 3.63) is 54.1 Å². The number of ether oxygens (including phenoxy) is 2. The Kier molecular flexibility index (Phi) is 6.85. The molecular weight excluding hydrogens is 390 g/mol. The zero-order valence-electron chi connectivity index (χ0n) is 16.3. The van der Waals surface area contributed by atoms with Crippen molar-refractivity contribution in [1.29, 1.82) is 0 Å². The summed E-state index contributed by atoms with van der Waals surface area (Å²) in [7, 11) is 5.01. The zero-order chi connectivity index (χ0) is 20.6. The largest absolute Gasteiger partial charge is 0.493 e. The van der Waals surface area contributed by atoms with Gasteiger partial charge in [-0.05, 0) is 23.8 Å². The van der Waals surface area contributed by atoms with Crippen molar-refractivity contribution in [3.8, 4) is 22.9 Å². The van der Waals surface area contributed by atoms with Crippen LogP contribution in [0.3, 0.4) is 0 Å². The van der Waals surface area contributed by atoms with Crippen LogP contribution >= 0.6 is 11.8 Å². The summed E-state index contributed by atoms with van der Waals surface area (Å²) in [6, 6.07) is 15.1. The van der Waals surface area contributed by atoms with Gasteiger partial charge in [-0.15, -0.1) is 10.2 Å². The van der Waals surface area contributed by atoms with E-state index in [1.54, 1.807) is 32.6 Å². The fourth-order valence-corrected chi connectivity index (χ4v) is 3.26. The number of aromatic nitrogens is 3. The van der Waals surface area contributed by atoms with Gasteiger partial charge in [-0.25, -0.2) is 5.43 Å². The van der Waals surface area contributed by atoms with Crippen LogP contribution in [0, 0.1) is 0 Å². The van der Waals surface area contributed by atoms with Crippen molar-refractivity contribution in [1.82, 2.24) is 20.2 Å². The number of benzene rings is 2. The lowest BCUT2D eigenvalue weighted by Crippen LogP contribution is -2.19. The van der Waals surface area contributed by atoms with Crippen molar-refractivity contribution < 1.29 is 14.3 Å². The Hall–Kier alpha value is -3.33. The SMILES string of the molecule is COc1ccc(/C=N\NC(=O)CSc2nnc(-c3ccccc3)n2C)cc1OC. The minimum absolute atomic E-state index is 0.171. The standard InChI is InChI=1S/C20H21N5O3S/c1-25-19(15-7-5-4-6-8-15)23-24-20(25)29-13-18(26)22-21-12-14-9-10-16(27-2)17(11-14)28-3/h4-12H,13H2,1-3H3,(H,22,26)/b21-12-. The van der Waals surface area contributed by atoms with E-state index in [-0.39, 0.29) is 11.7 Å². The van der Waals surface area contributed by atoms with Crippen LogP contribution in [0.2, 0.25) is 0 Å². The molecule has 0 aliphatic rings. The van der Waals surface area contributed by atoms with Gasteiger partial charge >= 0.3 is 0 Å². The summed E-state index contributed by atoms with van der Waals surface area (Å²) in [6.07, 6.45) is 1.54. The molecule has 0 unspecified atom stereocenters. The van der Waals surface area contributed by atoms with Crippen LogP contribution in [0.5, 0.6) is 11.5 Å². The molecule has 0 spiro atoms. The number of methoxy groups -OCH3 is 2. The highest BCUT2D eigenvalue weighted by molar-refractivity contribution is 7.99. The summed E-state index contributed by atoms with van der Waals surface area (Å²) in [5.74, 6) is 1.90. The van der Waals surface area contributed by atoms with E-state index in [1.807, 2.05) is 48.0 Å². The van der Waals surface area contributed by atoms with E-state index in [0.29, 0.717) is 16.7 Å². The highest BCUT2D eigenvalue weighted by Crippen LogP contribution is 2.27. The number of carbonyl (C=O) groups is 1. The molecule has 1 heterocycles. The van der Waals surface area contributed by atoms with Gasteiger partial charge in [0.1, 0.15) is 0 Å². The smallest absolute Gasteiger partial charge is 0.250 e. The summed E-state index contributed by atoms with van der Waals surface area (Å²) in [5, 5.41) is 13.0. The predicted octanol–water partition coefficient (Wildman–Crippen LogP) is 2.74. The Balaban J connectivity index is 1.54. The summed E-state index contributed by atoms with van der Waals surface area (Å²) in [5.41, 5.74) is 4.25. The molecule has 8 nitrogen and oxygen atoms in total. The third-order valence-electron chi connectivity index (χ3n) is 4.01. The van der Waals surface area contributed by atoms with Crippen LogP contribution in [0.1, 0.15) is 5.56 Å². The van der Waals surface area contributed by atoms with Crippen LogP contribution in [-0.4, -0.2) is 46.9 Å². The first-order valence-corrected chi connectivity index (χ1v) is 9.72. The molecule has 3 rings (SSSR count). The topological polar surface area (TPSA) is 90.6 Å². The summed E-state index contributed by atoms with van der Waals surface area (Å²) >= 11 is 1.29. The normalized spacial score (nSPS) is 10.9. The molecule has 1 amide bonds. The molecule has 0 saturated heterocycles. The van der Waals surface area contributed by atoms with Crippen LogP contribution in [0.15, 0.2) is 58.8 Å². The second-order valence-corrected chi connectivity index (χ2v) is 6.87. The molecule has 1 N–H and O–H groups in total. The lowest BCUT2D eigenvalue weighted by Gasteiger charge is -2.07. The van der Waals surface area contributed by atoms with Gasteiger partial charge in [0.2, 0.25) is 0 Å². The highest BCUT2D eigenvalue weighted by atomic mass is 32.2. The van der Waals surface area contributed by atoms with Crippen molar-refractivity contribution in [2.45, 2.75) is 5.16 Å².